The van der Waals surface area contributed by atoms with Crippen LogP contribution in [0.5, 0.6) is 0 Å². The first kappa shape index (κ1) is 11.7. The van der Waals surface area contributed by atoms with Crippen molar-refractivity contribution < 1.29 is 0 Å². The van der Waals surface area contributed by atoms with Gasteiger partial charge in [-0.05, 0) is 36.1 Å². The average Bonchev–Trinajstić information content (AvgIpc) is 2.79. The lowest BCUT2D eigenvalue weighted by Crippen LogP contribution is -1.98. The molecule has 1 heteroatoms. The third-order valence-corrected chi connectivity index (χ3v) is 4.67. The summed E-state index contributed by atoms with van der Waals surface area (Å²) in [5.41, 5.74) is 6.71. The van der Waals surface area contributed by atoms with Gasteiger partial charge in [0.15, 0.2) is 0 Å². The Labute approximate surface area is 116 Å². The molecule has 0 saturated heterocycles. The van der Waals surface area contributed by atoms with E-state index in [9.17, 15) is 0 Å². The van der Waals surface area contributed by atoms with Crippen LogP contribution in [0, 0.1) is 13.8 Å². The van der Waals surface area contributed by atoms with Crippen LogP contribution in [0.2, 0.25) is 0 Å². The lowest BCUT2D eigenvalue weighted by molar-refractivity contribution is 1.03. The lowest BCUT2D eigenvalue weighted by Gasteiger charge is -2.15. The third-order valence-electron chi connectivity index (χ3n) is 3.62. The molecule has 18 heavy (non-hydrogen) atoms. The van der Waals surface area contributed by atoms with Crippen molar-refractivity contribution in [2.24, 2.45) is 0 Å². The van der Waals surface area contributed by atoms with Gasteiger partial charge in [0.2, 0.25) is 0 Å². The van der Waals surface area contributed by atoms with Gasteiger partial charge in [-0.25, -0.2) is 0 Å². The third kappa shape index (κ3) is 1.83. The molecule has 2 aromatic carbocycles. The Morgan fingerprint density at radius 2 is 1.67 bits per heavy atom. The maximum atomic E-state index is 3.74. The number of aryl methyl sites for hydroxylation is 2. The summed E-state index contributed by atoms with van der Waals surface area (Å²) < 4.78 is 1.25. The lowest BCUT2D eigenvalue weighted by atomic mass is 9.91. The van der Waals surface area contributed by atoms with Gasteiger partial charge in [0.1, 0.15) is 0 Å². The Morgan fingerprint density at radius 1 is 0.944 bits per heavy atom. The van der Waals surface area contributed by atoms with Crippen molar-refractivity contribution >= 4 is 22.0 Å². The van der Waals surface area contributed by atoms with Crippen LogP contribution < -0.4 is 0 Å². The van der Waals surface area contributed by atoms with Gasteiger partial charge in [0.25, 0.3) is 0 Å². The number of benzene rings is 2. The highest BCUT2D eigenvalue weighted by atomic mass is 79.9. The highest BCUT2D eigenvalue weighted by Crippen LogP contribution is 2.41. The summed E-state index contributed by atoms with van der Waals surface area (Å²) >= 11 is 3.74. The molecule has 1 aliphatic carbocycles. The van der Waals surface area contributed by atoms with E-state index in [-0.39, 0.29) is 0 Å². The van der Waals surface area contributed by atoms with Crippen LogP contribution in [0.3, 0.4) is 0 Å². The van der Waals surface area contributed by atoms with Gasteiger partial charge in [-0.15, -0.1) is 0 Å². The van der Waals surface area contributed by atoms with E-state index in [0.29, 0.717) is 5.92 Å². The van der Waals surface area contributed by atoms with Gasteiger partial charge in [-0.2, -0.15) is 0 Å². The van der Waals surface area contributed by atoms with Crippen LogP contribution >= 0.6 is 15.9 Å². The highest BCUT2D eigenvalue weighted by Gasteiger charge is 2.22. The molecule has 1 unspecified atom stereocenters. The standard InChI is InChI=1S/C17H15Br/c1-11-3-6-13(7-4-11)15-10-9-14-8-5-12(2)17(18)16(14)15/h3-10,15H,1-2H3. The Hall–Kier alpha value is -1.34. The van der Waals surface area contributed by atoms with Crippen molar-refractivity contribution in [2.75, 3.05) is 0 Å². The normalized spacial score (nSPS) is 16.9. The summed E-state index contributed by atoms with van der Waals surface area (Å²) in [5.74, 6) is 0.384. The zero-order valence-electron chi connectivity index (χ0n) is 10.6. The Balaban J connectivity index is 2.12. The van der Waals surface area contributed by atoms with E-state index in [1.54, 1.807) is 0 Å². The molecular weight excluding hydrogens is 284 g/mol. The van der Waals surface area contributed by atoms with E-state index in [1.807, 2.05) is 0 Å². The molecule has 0 spiro atoms. The highest BCUT2D eigenvalue weighted by molar-refractivity contribution is 9.10. The molecule has 1 aliphatic rings. The molecule has 0 aromatic heterocycles. The zero-order valence-corrected chi connectivity index (χ0v) is 12.2. The first-order chi connectivity index (χ1) is 8.66. The van der Waals surface area contributed by atoms with Gasteiger partial charge in [-0.1, -0.05) is 70.0 Å². The minimum Gasteiger partial charge on any atom is -0.0720 e. The molecule has 0 bridgehead atoms. The van der Waals surface area contributed by atoms with Crippen molar-refractivity contribution in [3.63, 3.8) is 0 Å². The van der Waals surface area contributed by atoms with E-state index in [1.165, 1.54) is 32.3 Å². The SMILES string of the molecule is Cc1ccc(C2C=Cc3ccc(C)c(Br)c32)cc1. The molecule has 0 heterocycles. The number of hydrogen-bond donors (Lipinski definition) is 0. The van der Waals surface area contributed by atoms with Crippen molar-refractivity contribution in [1.29, 1.82) is 0 Å². The first-order valence-corrected chi connectivity index (χ1v) is 7.00. The van der Waals surface area contributed by atoms with Crippen molar-refractivity contribution in [3.8, 4) is 0 Å². The van der Waals surface area contributed by atoms with Gasteiger partial charge >= 0.3 is 0 Å². The maximum Gasteiger partial charge on any atom is 0.0290 e. The summed E-state index contributed by atoms with van der Waals surface area (Å²) in [6.45, 7) is 4.27. The van der Waals surface area contributed by atoms with E-state index in [2.05, 4.69) is 78.3 Å². The summed E-state index contributed by atoms with van der Waals surface area (Å²) in [7, 11) is 0. The predicted octanol–water partition coefficient (Wildman–Crippen LogP) is 5.22. The predicted molar refractivity (Wildman–Crippen MR) is 80.9 cm³/mol. The molecule has 0 radical (unpaired) electrons. The molecular formula is C17H15Br. The number of allylic oxidation sites excluding steroid dienone is 1. The molecule has 1 atom stereocenters. The number of hydrogen-bond acceptors (Lipinski definition) is 0. The molecule has 0 aliphatic heterocycles. The number of rotatable bonds is 1. The topological polar surface area (TPSA) is 0 Å². The fourth-order valence-electron chi connectivity index (χ4n) is 2.53. The summed E-state index contributed by atoms with van der Waals surface area (Å²) in [6.07, 6.45) is 4.52. The molecule has 0 nitrogen and oxygen atoms in total. The van der Waals surface area contributed by atoms with Gasteiger partial charge < -0.3 is 0 Å². The van der Waals surface area contributed by atoms with Crippen LogP contribution in [0.4, 0.5) is 0 Å². The minimum absolute atomic E-state index is 0.384. The summed E-state index contributed by atoms with van der Waals surface area (Å²) in [5, 5.41) is 0. The average molecular weight is 299 g/mol. The van der Waals surface area contributed by atoms with Gasteiger partial charge in [-0.3, -0.25) is 0 Å². The second kappa shape index (κ2) is 4.40. The monoisotopic (exact) mass is 298 g/mol. The van der Waals surface area contributed by atoms with Gasteiger partial charge in [0.05, 0.1) is 0 Å². The van der Waals surface area contributed by atoms with Crippen LogP contribution in [0.25, 0.3) is 6.08 Å². The molecule has 2 aromatic rings. The molecule has 90 valence electrons. The number of fused-ring (bicyclic) bond motifs is 1. The quantitative estimate of drug-likeness (QED) is 0.677. The summed E-state index contributed by atoms with van der Waals surface area (Å²) in [4.78, 5) is 0. The van der Waals surface area contributed by atoms with Crippen molar-refractivity contribution in [2.45, 2.75) is 19.8 Å². The van der Waals surface area contributed by atoms with E-state index in [4.69, 9.17) is 0 Å². The molecule has 0 saturated carbocycles. The van der Waals surface area contributed by atoms with Crippen molar-refractivity contribution in [3.05, 3.63) is 74.8 Å². The Bertz CT molecular complexity index is 621. The number of halogens is 1. The van der Waals surface area contributed by atoms with Gasteiger partial charge in [0, 0.05) is 10.4 Å². The Morgan fingerprint density at radius 3 is 2.39 bits per heavy atom. The Kier molecular flexibility index (Phi) is 2.87. The van der Waals surface area contributed by atoms with Crippen LogP contribution in [-0.2, 0) is 0 Å². The van der Waals surface area contributed by atoms with E-state index in [0.717, 1.165) is 0 Å². The fraction of sp³-hybridized carbons (Fsp3) is 0.176. The second-order valence-corrected chi connectivity index (χ2v) is 5.74. The second-order valence-electron chi connectivity index (χ2n) is 4.95. The summed E-state index contributed by atoms with van der Waals surface area (Å²) in [6, 6.07) is 13.2. The molecule has 0 fully saturated rings. The molecule has 0 amide bonds. The smallest absolute Gasteiger partial charge is 0.0290 e. The largest absolute Gasteiger partial charge is 0.0720 e. The van der Waals surface area contributed by atoms with Crippen LogP contribution in [0.15, 0.2) is 46.9 Å². The zero-order chi connectivity index (χ0) is 12.7. The van der Waals surface area contributed by atoms with Crippen LogP contribution in [0.1, 0.15) is 33.7 Å². The fourth-order valence-corrected chi connectivity index (χ4v) is 3.13. The maximum absolute atomic E-state index is 3.74. The molecule has 0 N–H and O–H groups in total. The molecule has 3 rings (SSSR count). The first-order valence-electron chi connectivity index (χ1n) is 6.20. The van der Waals surface area contributed by atoms with Crippen LogP contribution in [-0.4, -0.2) is 0 Å². The minimum atomic E-state index is 0.384. The van der Waals surface area contributed by atoms with E-state index >= 15 is 0 Å². The van der Waals surface area contributed by atoms with E-state index < -0.39 is 0 Å². The van der Waals surface area contributed by atoms with Crippen molar-refractivity contribution in [1.82, 2.24) is 0 Å².